The van der Waals surface area contributed by atoms with E-state index in [0.29, 0.717) is 10.7 Å². The molecule has 1 heterocycles. The maximum absolute atomic E-state index is 12.2. The van der Waals surface area contributed by atoms with Gasteiger partial charge in [-0.15, -0.1) is 0 Å². The lowest BCUT2D eigenvalue weighted by atomic mass is 10.1. The minimum Gasteiger partial charge on any atom is -0.457 e. The van der Waals surface area contributed by atoms with E-state index in [1.54, 1.807) is 24.3 Å². The largest absolute Gasteiger partial charge is 0.457 e. The summed E-state index contributed by atoms with van der Waals surface area (Å²) < 4.78 is 5.05. The predicted molar refractivity (Wildman–Crippen MR) is 100 cm³/mol. The number of benzene rings is 2. The molecule has 0 aromatic heterocycles. The van der Waals surface area contributed by atoms with Crippen molar-refractivity contribution in [2.24, 2.45) is 5.92 Å². The molecule has 0 radical (unpaired) electrons. The number of ketones is 1. The minimum absolute atomic E-state index is 0.00676. The number of hydrogen-bond acceptors (Lipinski definition) is 6. The summed E-state index contributed by atoms with van der Waals surface area (Å²) in [5.41, 5.74) is 0.690. The minimum atomic E-state index is -0.673. The zero-order chi connectivity index (χ0) is 20.3. The Bertz CT molecular complexity index is 926. The van der Waals surface area contributed by atoms with Gasteiger partial charge in [-0.25, -0.2) is 0 Å². The van der Waals surface area contributed by atoms with Gasteiger partial charge in [0.15, 0.2) is 12.4 Å². The Morgan fingerprint density at radius 2 is 1.79 bits per heavy atom. The zero-order valence-electron chi connectivity index (χ0n) is 14.5. The van der Waals surface area contributed by atoms with E-state index in [0.717, 1.165) is 0 Å². The summed E-state index contributed by atoms with van der Waals surface area (Å²) in [5, 5.41) is 11.2. The van der Waals surface area contributed by atoms with Crippen LogP contribution in [-0.2, 0) is 14.3 Å². The topological polar surface area (TPSA) is 107 Å². The highest BCUT2D eigenvalue weighted by molar-refractivity contribution is 6.30. The van der Waals surface area contributed by atoms with E-state index < -0.39 is 29.2 Å². The molecule has 0 spiro atoms. The number of amides is 1. The van der Waals surface area contributed by atoms with Gasteiger partial charge in [-0.2, -0.15) is 0 Å². The quantitative estimate of drug-likeness (QED) is 0.318. The second-order valence-corrected chi connectivity index (χ2v) is 6.65. The molecule has 8 nitrogen and oxygen atoms in total. The standard InChI is InChI=1S/C19H15ClN2O6/c20-14-3-7-15(8-4-14)21-10-13(9-18(21)24)19(25)28-11-17(23)12-1-5-16(6-2-12)22(26)27/h1-8,13H,9-11H2/t13-/m1/s1. The van der Waals surface area contributed by atoms with Crippen LogP contribution in [0.1, 0.15) is 16.8 Å². The fourth-order valence-corrected chi connectivity index (χ4v) is 2.97. The summed E-state index contributed by atoms with van der Waals surface area (Å²) in [6.07, 6.45) is -0.00676. The SMILES string of the molecule is O=C(COC(=O)[C@@H]1CC(=O)N(c2ccc(Cl)cc2)C1)c1ccc([N+](=O)[O-])cc1. The van der Waals surface area contributed by atoms with Crippen LogP contribution >= 0.6 is 11.6 Å². The van der Waals surface area contributed by atoms with Gasteiger partial charge in [0.2, 0.25) is 5.91 Å². The highest BCUT2D eigenvalue weighted by Gasteiger charge is 2.36. The van der Waals surface area contributed by atoms with E-state index in [2.05, 4.69) is 0 Å². The van der Waals surface area contributed by atoms with Gasteiger partial charge in [-0.1, -0.05) is 11.6 Å². The Hall–Kier alpha value is -3.26. The van der Waals surface area contributed by atoms with Gasteiger partial charge in [0.05, 0.1) is 10.8 Å². The molecule has 2 aromatic rings. The van der Waals surface area contributed by atoms with Crippen molar-refractivity contribution < 1.29 is 24.0 Å². The number of nitro benzene ring substituents is 1. The Morgan fingerprint density at radius 1 is 1.14 bits per heavy atom. The fraction of sp³-hybridized carbons (Fsp3) is 0.211. The van der Waals surface area contributed by atoms with Crippen LogP contribution in [0.3, 0.4) is 0 Å². The van der Waals surface area contributed by atoms with Gasteiger partial charge in [-0.3, -0.25) is 24.5 Å². The van der Waals surface area contributed by atoms with Crippen LogP contribution in [0, 0.1) is 16.0 Å². The summed E-state index contributed by atoms with van der Waals surface area (Å²) in [7, 11) is 0. The molecular weight excluding hydrogens is 388 g/mol. The van der Waals surface area contributed by atoms with Crippen molar-refractivity contribution in [1.82, 2.24) is 0 Å². The van der Waals surface area contributed by atoms with E-state index in [-0.39, 0.29) is 30.1 Å². The van der Waals surface area contributed by atoms with E-state index in [1.807, 2.05) is 0 Å². The fourth-order valence-electron chi connectivity index (χ4n) is 2.84. The van der Waals surface area contributed by atoms with Gasteiger partial charge in [-0.05, 0) is 36.4 Å². The Labute approximate surface area is 164 Å². The molecule has 0 unspecified atom stereocenters. The number of carbonyl (C=O) groups excluding carboxylic acids is 3. The average molecular weight is 403 g/mol. The van der Waals surface area contributed by atoms with Crippen molar-refractivity contribution in [1.29, 1.82) is 0 Å². The number of rotatable bonds is 6. The number of nitro groups is 1. The van der Waals surface area contributed by atoms with Gasteiger partial charge in [0, 0.05) is 41.4 Å². The number of Topliss-reactive ketones (excluding diaryl/α,β-unsaturated/α-hetero) is 1. The third-order valence-corrected chi connectivity index (χ3v) is 4.59. The van der Waals surface area contributed by atoms with Crippen LogP contribution < -0.4 is 4.90 Å². The zero-order valence-corrected chi connectivity index (χ0v) is 15.3. The number of hydrogen-bond donors (Lipinski definition) is 0. The van der Waals surface area contributed by atoms with Crippen LogP contribution in [0.4, 0.5) is 11.4 Å². The monoisotopic (exact) mass is 402 g/mol. The molecule has 1 aliphatic rings. The molecule has 0 saturated carbocycles. The van der Waals surface area contributed by atoms with Crippen LogP contribution in [0.5, 0.6) is 0 Å². The first-order valence-corrected chi connectivity index (χ1v) is 8.73. The molecule has 3 rings (SSSR count). The lowest BCUT2D eigenvalue weighted by Crippen LogP contribution is -2.27. The first kappa shape index (κ1) is 19.5. The Morgan fingerprint density at radius 3 is 2.39 bits per heavy atom. The summed E-state index contributed by atoms with van der Waals surface area (Å²) in [6, 6.07) is 11.7. The lowest BCUT2D eigenvalue weighted by Gasteiger charge is -2.16. The number of halogens is 1. The predicted octanol–water partition coefficient (Wildman–Crippen LogP) is 3.03. The molecule has 0 bridgehead atoms. The number of esters is 1. The molecule has 1 saturated heterocycles. The molecule has 9 heteroatoms. The van der Waals surface area contributed by atoms with Crippen molar-refractivity contribution in [2.75, 3.05) is 18.1 Å². The van der Waals surface area contributed by atoms with E-state index in [1.165, 1.54) is 29.2 Å². The van der Waals surface area contributed by atoms with Crippen molar-refractivity contribution >= 4 is 40.6 Å². The van der Waals surface area contributed by atoms with Crippen LogP contribution in [0.2, 0.25) is 5.02 Å². The van der Waals surface area contributed by atoms with E-state index >= 15 is 0 Å². The van der Waals surface area contributed by atoms with E-state index in [4.69, 9.17) is 16.3 Å². The molecule has 1 amide bonds. The first-order valence-electron chi connectivity index (χ1n) is 8.35. The number of carbonyl (C=O) groups is 3. The number of nitrogens with zero attached hydrogens (tertiary/aromatic N) is 2. The molecule has 0 N–H and O–H groups in total. The van der Waals surface area contributed by atoms with Crippen molar-refractivity contribution in [3.05, 3.63) is 69.2 Å². The first-order chi connectivity index (χ1) is 13.3. The third kappa shape index (κ3) is 4.34. The number of anilines is 1. The molecule has 1 fully saturated rings. The molecule has 1 aliphatic heterocycles. The van der Waals surface area contributed by atoms with Crippen molar-refractivity contribution in [2.45, 2.75) is 6.42 Å². The molecule has 2 aromatic carbocycles. The summed E-state index contributed by atoms with van der Waals surface area (Å²) in [5.74, 6) is -2.01. The highest BCUT2D eigenvalue weighted by Crippen LogP contribution is 2.27. The Balaban J connectivity index is 1.56. The molecular formula is C19H15ClN2O6. The third-order valence-electron chi connectivity index (χ3n) is 4.34. The molecule has 28 heavy (non-hydrogen) atoms. The molecule has 144 valence electrons. The summed E-state index contributed by atoms with van der Waals surface area (Å²) in [6.45, 7) is -0.340. The van der Waals surface area contributed by atoms with Crippen molar-refractivity contribution in [3.8, 4) is 0 Å². The van der Waals surface area contributed by atoms with E-state index in [9.17, 15) is 24.5 Å². The van der Waals surface area contributed by atoms with Crippen LogP contribution in [0.25, 0.3) is 0 Å². The summed E-state index contributed by atoms with van der Waals surface area (Å²) >= 11 is 5.84. The maximum Gasteiger partial charge on any atom is 0.311 e. The summed E-state index contributed by atoms with van der Waals surface area (Å²) in [4.78, 5) is 48.0. The lowest BCUT2D eigenvalue weighted by molar-refractivity contribution is -0.384. The smallest absolute Gasteiger partial charge is 0.311 e. The maximum atomic E-state index is 12.2. The Kier molecular flexibility index (Phi) is 5.70. The second kappa shape index (κ2) is 8.18. The van der Waals surface area contributed by atoms with Gasteiger partial charge < -0.3 is 9.64 Å². The second-order valence-electron chi connectivity index (χ2n) is 6.22. The van der Waals surface area contributed by atoms with Crippen LogP contribution in [0.15, 0.2) is 48.5 Å². The van der Waals surface area contributed by atoms with Crippen molar-refractivity contribution in [3.63, 3.8) is 0 Å². The number of non-ortho nitro benzene ring substituents is 1. The van der Waals surface area contributed by atoms with Gasteiger partial charge in [0.25, 0.3) is 5.69 Å². The molecule has 0 aliphatic carbocycles. The normalized spacial score (nSPS) is 16.1. The highest BCUT2D eigenvalue weighted by atomic mass is 35.5. The molecule has 1 atom stereocenters. The number of ether oxygens (including phenoxy) is 1. The van der Waals surface area contributed by atoms with Gasteiger partial charge in [0.1, 0.15) is 0 Å². The average Bonchev–Trinajstić information content (AvgIpc) is 3.08. The van der Waals surface area contributed by atoms with Crippen LogP contribution in [-0.4, -0.2) is 35.7 Å². The van der Waals surface area contributed by atoms with Gasteiger partial charge >= 0.3 is 5.97 Å².